The van der Waals surface area contributed by atoms with E-state index in [-0.39, 0.29) is 22.9 Å². The maximum Gasteiger partial charge on any atom is 0.255 e. The molecular weight excluding hydrogens is 240 g/mol. The number of aryl methyl sites for hydroxylation is 1. The summed E-state index contributed by atoms with van der Waals surface area (Å²) in [6.45, 7) is 2.42. The molecule has 0 aliphatic rings. The molecule has 2 aromatic rings. The first-order chi connectivity index (χ1) is 9.08. The van der Waals surface area contributed by atoms with Gasteiger partial charge in [0, 0.05) is 6.54 Å². The van der Waals surface area contributed by atoms with E-state index in [1.165, 1.54) is 11.6 Å². The van der Waals surface area contributed by atoms with E-state index < -0.39 is 0 Å². The third-order valence-corrected chi connectivity index (χ3v) is 2.89. The standard InChI is InChI=1S/C15H16N2O2/c1-10-5-7-11(8-6-10)9-17-15(19)12-3-2-4-13(16)14(12)18/h2-8,18H,9,16H2,1H3,(H,17,19). The number of carbonyl (C=O) groups is 1. The Balaban J connectivity index is 2.05. The monoisotopic (exact) mass is 256 g/mol. The number of nitrogens with two attached hydrogens (primary N) is 1. The van der Waals surface area contributed by atoms with Crippen LogP contribution in [-0.2, 0) is 6.54 Å². The zero-order chi connectivity index (χ0) is 13.8. The molecule has 0 aliphatic heterocycles. The number of nitrogen functional groups attached to an aromatic ring is 1. The molecule has 0 spiro atoms. The van der Waals surface area contributed by atoms with Gasteiger partial charge in [0.05, 0.1) is 11.3 Å². The van der Waals surface area contributed by atoms with Gasteiger partial charge in [-0.2, -0.15) is 0 Å². The summed E-state index contributed by atoms with van der Waals surface area (Å²) in [5, 5.41) is 12.5. The molecule has 1 amide bonds. The van der Waals surface area contributed by atoms with E-state index in [0.29, 0.717) is 6.54 Å². The first-order valence-corrected chi connectivity index (χ1v) is 5.99. The zero-order valence-electron chi connectivity index (χ0n) is 10.7. The van der Waals surface area contributed by atoms with Crippen LogP contribution in [0.15, 0.2) is 42.5 Å². The van der Waals surface area contributed by atoms with E-state index >= 15 is 0 Å². The Morgan fingerprint density at radius 2 is 1.89 bits per heavy atom. The van der Waals surface area contributed by atoms with Crippen molar-refractivity contribution >= 4 is 11.6 Å². The SMILES string of the molecule is Cc1ccc(CNC(=O)c2cccc(N)c2O)cc1. The van der Waals surface area contributed by atoms with Gasteiger partial charge in [0.25, 0.3) is 5.91 Å². The Labute approximate surface area is 111 Å². The van der Waals surface area contributed by atoms with Crippen molar-refractivity contribution in [1.29, 1.82) is 0 Å². The lowest BCUT2D eigenvalue weighted by molar-refractivity contribution is 0.0948. The van der Waals surface area contributed by atoms with E-state index in [0.717, 1.165) is 5.56 Å². The highest BCUT2D eigenvalue weighted by Crippen LogP contribution is 2.24. The van der Waals surface area contributed by atoms with E-state index in [2.05, 4.69) is 5.32 Å². The summed E-state index contributed by atoms with van der Waals surface area (Å²) in [5.41, 5.74) is 8.11. The third kappa shape index (κ3) is 3.04. The average molecular weight is 256 g/mol. The number of hydrogen-bond acceptors (Lipinski definition) is 3. The van der Waals surface area contributed by atoms with Gasteiger partial charge in [0.15, 0.2) is 5.75 Å². The van der Waals surface area contributed by atoms with Gasteiger partial charge in [-0.05, 0) is 24.6 Å². The third-order valence-electron chi connectivity index (χ3n) is 2.89. The van der Waals surface area contributed by atoms with Crippen LogP contribution in [-0.4, -0.2) is 11.0 Å². The first kappa shape index (κ1) is 13.0. The van der Waals surface area contributed by atoms with Gasteiger partial charge < -0.3 is 16.2 Å². The zero-order valence-corrected chi connectivity index (χ0v) is 10.7. The molecule has 4 heteroatoms. The summed E-state index contributed by atoms with van der Waals surface area (Å²) < 4.78 is 0. The minimum Gasteiger partial charge on any atom is -0.505 e. The smallest absolute Gasteiger partial charge is 0.255 e. The molecule has 0 heterocycles. The number of phenolic OH excluding ortho intramolecular Hbond substituents is 1. The first-order valence-electron chi connectivity index (χ1n) is 5.99. The highest BCUT2D eigenvalue weighted by Gasteiger charge is 2.12. The van der Waals surface area contributed by atoms with Gasteiger partial charge in [-0.15, -0.1) is 0 Å². The summed E-state index contributed by atoms with van der Waals surface area (Å²) in [4.78, 5) is 11.9. The van der Waals surface area contributed by atoms with Crippen LogP contribution < -0.4 is 11.1 Å². The summed E-state index contributed by atoms with van der Waals surface area (Å²) in [6, 6.07) is 12.6. The molecule has 0 radical (unpaired) electrons. The second-order valence-corrected chi connectivity index (χ2v) is 4.41. The van der Waals surface area contributed by atoms with E-state index in [1.807, 2.05) is 31.2 Å². The lowest BCUT2D eigenvalue weighted by atomic mass is 10.1. The van der Waals surface area contributed by atoms with Crippen LogP contribution in [0.25, 0.3) is 0 Å². The molecule has 4 nitrogen and oxygen atoms in total. The Kier molecular flexibility index (Phi) is 3.71. The molecule has 0 aromatic heterocycles. The minimum absolute atomic E-state index is 0.177. The quantitative estimate of drug-likeness (QED) is 0.582. The highest BCUT2D eigenvalue weighted by atomic mass is 16.3. The van der Waals surface area contributed by atoms with Gasteiger partial charge >= 0.3 is 0 Å². The molecule has 0 aliphatic carbocycles. The Bertz CT molecular complexity index is 592. The second kappa shape index (κ2) is 5.44. The van der Waals surface area contributed by atoms with Gasteiger partial charge in [0.1, 0.15) is 0 Å². The Morgan fingerprint density at radius 1 is 1.21 bits per heavy atom. The number of para-hydroxylation sites is 1. The van der Waals surface area contributed by atoms with Crippen molar-refractivity contribution < 1.29 is 9.90 Å². The summed E-state index contributed by atoms with van der Waals surface area (Å²) in [6.07, 6.45) is 0. The number of rotatable bonds is 3. The van der Waals surface area contributed by atoms with Crippen molar-refractivity contribution in [1.82, 2.24) is 5.32 Å². The minimum atomic E-state index is -0.342. The van der Waals surface area contributed by atoms with Gasteiger partial charge in [-0.1, -0.05) is 35.9 Å². The van der Waals surface area contributed by atoms with Crippen LogP contribution in [0, 0.1) is 6.92 Å². The van der Waals surface area contributed by atoms with Crippen molar-refractivity contribution in [2.45, 2.75) is 13.5 Å². The maximum atomic E-state index is 11.9. The van der Waals surface area contributed by atoms with Crippen LogP contribution in [0.4, 0.5) is 5.69 Å². The summed E-state index contributed by atoms with van der Waals surface area (Å²) >= 11 is 0. The number of amides is 1. The van der Waals surface area contributed by atoms with Crippen molar-refractivity contribution in [2.24, 2.45) is 0 Å². The predicted molar refractivity (Wildman–Crippen MR) is 74.9 cm³/mol. The predicted octanol–water partition coefficient (Wildman–Crippen LogP) is 2.21. The normalized spacial score (nSPS) is 10.2. The molecule has 2 aromatic carbocycles. The topological polar surface area (TPSA) is 75.4 Å². The van der Waals surface area contributed by atoms with Crippen LogP contribution in [0.2, 0.25) is 0 Å². The van der Waals surface area contributed by atoms with Crippen molar-refractivity contribution in [2.75, 3.05) is 5.73 Å². The number of hydrogen-bond donors (Lipinski definition) is 3. The molecule has 4 N–H and O–H groups in total. The fourth-order valence-electron chi connectivity index (χ4n) is 1.73. The largest absolute Gasteiger partial charge is 0.505 e. The van der Waals surface area contributed by atoms with Crippen molar-refractivity contribution in [3.63, 3.8) is 0 Å². The Morgan fingerprint density at radius 3 is 2.58 bits per heavy atom. The Hall–Kier alpha value is -2.49. The van der Waals surface area contributed by atoms with Crippen LogP contribution in [0.1, 0.15) is 21.5 Å². The van der Waals surface area contributed by atoms with Crippen LogP contribution in [0.3, 0.4) is 0 Å². The number of anilines is 1. The van der Waals surface area contributed by atoms with Gasteiger partial charge in [-0.25, -0.2) is 0 Å². The van der Waals surface area contributed by atoms with Crippen LogP contribution in [0.5, 0.6) is 5.75 Å². The molecule has 98 valence electrons. The van der Waals surface area contributed by atoms with Crippen LogP contribution >= 0.6 is 0 Å². The van der Waals surface area contributed by atoms with Gasteiger partial charge in [0.2, 0.25) is 0 Å². The fraction of sp³-hybridized carbons (Fsp3) is 0.133. The molecule has 0 bridgehead atoms. The number of carbonyl (C=O) groups excluding carboxylic acids is 1. The highest BCUT2D eigenvalue weighted by molar-refractivity contribution is 5.98. The van der Waals surface area contributed by atoms with E-state index in [1.54, 1.807) is 12.1 Å². The molecule has 0 saturated carbocycles. The van der Waals surface area contributed by atoms with E-state index in [4.69, 9.17) is 5.73 Å². The summed E-state index contributed by atoms with van der Waals surface area (Å²) in [5.74, 6) is -0.519. The fourth-order valence-corrected chi connectivity index (χ4v) is 1.73. The molecule has 0 fully saturated rings. The molecule has 0 atom stereocenters. The molecule has 0 saturated heterocycles. The van der Waals surface area contributed by atoms with Crippen molar-refractivity contribution in [3.8, 4) is 5.75 Å². The lowest BCUT2D eigenvalue weighted by Gasteiger charge is -2.08. The second-order valence-electron chi connectivity index (χ2n) is 4.41. The molecule has 0 unspecified atom stereocenters. The molecule has 2 rings (SSSR count). The van der Waals surface area contributed by atoms with E-state index in [9.17, 15) is 9.90 Å². The molecular formula is C15H16N2O2. The summed E-state index contributed by atoms with van der Waals surface area (Å²) in [7, 11) is 0. The number of phenols is 1. The number of aromatic hydroxyl groups is 1. The number of benzene rings is 2. The lowest BCUT2D eigenvalue weighted by Crippen LogP contribution is -2.23. The van der Waals surface area contributed by atoms with Crippen molar-refractivity contribution in [3.05, 3.63) is 59.2 Å². The van der Waals surface area contributed by atoms with Gasteiger partial charge in [-0.3, -0.25) is 4.79 Å². The maximum absolute atomic E-state index is 11.9. The number of nitrogens with one attached hydrogen (secondary N) is 1. The molecule has 19 heavy (non-hydrogen) atoms. The average Bonchev–Trinajstić information content (AvgIpc) is 2.41.